The molecule has 0 heterocycles. The summed E-state index contributed by atoms with van der Waals surface area (Å²) in [4.78, 5) is 11.7. The molecule has 2 rings (SSSR count). The van der Waals surface area contributed by atoms with E-state index in [9.17, 15) is 4.79 Å². The highest BCUT2D eigenvalue weighted by Gasteiger charge is 2.01. The lowest BCUT2D eigenvalue weighted by Gasteiger charge is -2.06. The van der Waals surface area contributed by atoms with Crippen molar-refractivity contribution >= 4 is 35.1 Å². The normalized spacial score (nSPS) is 10.4. The summed E-state index contributed by atoms with van der Waals surface area (Å²) < 4.78 is 0. The number of hydrogen-bond donors (Lipinski definition) is 3. The molecule has 4 N–H and O–H groups in total. The van der Waals surface area contributed by atoms with Gasteiger partial charge in [0.1, 0.15) is 0 Å². The molecule has 102 valence electrons. The average molecular weight is 288 g/mol. The predicted molar refractivity (Wildman–Crippen MR) is 83.5 cm³/mol. The molecule has 2 aromatic rings. The van der Waals surface area contributed by atoms with Gasteiger partial charge in [-0.3, -0.25) is 0 Å². The minimum atomic E-state index is -0.349. The molecule has 0 aliphatic heterocycles. The third-order valence-electron chi connectivity index (χ3n) is 2.55. The first-order valence-electron chi connectivity index (χ1n) is 5.99. The Morgan fingerprint density at radius 2 is 1.90 bits per heavy atom. The van der Waals surface area contributed by atoms with Gasteiger partial charge in [-0.15, -0.1) is 0 Å². The van der Waals surface area contributed by atoms with Crippen molar-refractivity contribution in [3.63, 3.8) is 0 Å². The molecule has 0 aromatic heterocycles. The van der Waals surface area contributed by atoms with E-state index in [1.54, 1.807) is 30.5 Å². The zero-order valence-corrected chi connectivity index (χ0v) is 11.4. The van der Waals surface area contributed by atoms with Gasteiger partial charge in [-0.1, -0.05) is 41.9 Å². The van der Waals surface area contributed by atoms with Crippen molar-refractivity contribution in [1.82, 2.24) is 5.32 Å². The number of nitrogens with one attached hydrogen (secondary N) is 2. The fraction of sp³-hybridized carbons (Fsp3) is 0. The molecule has 0 radical (unpaired) electrons. The molecule has 0 spiro atoms. The van der Waals surface area contributed by atoms with Crippen LogP contribution in [0.5, 0.6) is 0 Å². The molecule has 2 amide bonds. The van der Waals surface area contributed by atoms with Crippen LogP contribution in [-0.2, 0) is 0 Å². The Labute approximate surface area is 122 Å². The van der Waals surface area contributed by atoms with E-state index < -0.39 is 0 Å². The Morgan fingerprint density at radius 3 is 2.60 bits per heavy atom. The molecular formula is C15H14ClN3O. The zero-order chi connectivity index (χ0) is 14.4. The monoisotopic (exact) mass is 287 g/mol. The maximum Gasteiger partial charge on any atom is 0.323 e. The topological polar surface area (TPSA) is 67.1 Å². The highest BCUT2D eigenvalue weighted by Crippen LogP contribution is 2.22. The van der Waals surface area contributed by atoms with Crippen LogP contribution in [0.4, 0.5) is 16.2 Å². The van der Waals surface area contributed by atoms with E-state index in [1.165, 1.54) is 0 Å². The highest BCUT2D eigenvalue weighted by molar-refractivity contribution is 6.33. The molecule has 0 unspecified atom stereocenters. The number of carbonyl (C=O) groups is 1. The Balaban J connectivity index is 1.89. The van der Waals surface area contributed by atoms with Crippen molar-refractivity contribution in [3.05, 3.63) is 65.3 Å². The van der Waals surface area contributed by atoms with E-state index >= 15 is 0 Å². The van der Waals surface area contributed by atoms with Gasteiger partial charge >= 0.3 is 6.03 Å². The maximum absolute atomic E-state index is 11.7. The number of anilines is 2. The van der Waals surface area contributed by atoms with Gasteiger partial charge in [0.25, 0.3) is 0 Å². The average Bonchev–Trinajstić information content (AvgIpc) is 2.44. The summed E-state index contributed by atoms with van der Waals surface area (Å²) in [5.41, 5.74) is 7.65. The van der Waals surface area contributed by atoms with Gasteiger partial charge in [-0.2, -0.15) is 0 Å². The number of halogens is 1. The minimum absolute atomic E-state index is 0.349. The van der Waals surface area contributed by atoms with Gasteiger partial charge in [-0.25, -0.2) is 4.79 Å². The Morgan fingerprint density at radius 1 is 1.15 bits per heavy atom. The molecule has 0 bridgehead atoms. The second-order valence-corrected chi connectivity index (χ2v) is 4.49. The number of carbonyl (C=O) groups excluding carboxylic acids is 1. The number of amides is 2. The number of nitrogens with two attached hydrogens (primary N) is 1. The molecule has 0 saturated carbocycles. The van der Waals surface area contributed by atoms with Crippen LogP contribution in [0, 0.1) is 0 Å². The van der Waals surface area contributed by atoms with Gasteiger partial charge in [0, 0.05) is 11.9 Å². The van der Waals surface area contributed by atoms with Crippen molar-refractivity contribution in [3.8, 4) is 0 Å². The van der Waals surface area contributed by atoms with Crippen molar-refractivity contribution in [2.75, 3.05) is 11.1 Å². The third-order valence-corrected chi connectivity index (χ3v) is 2.88. The lowest BCUT2D eigenvalue weighted by molar-refractivity contribution is 0.255. The molecule has 0 atom stereocenters. The fourth-order valence-corrected chi connectivity index (χ4v) is 1.73. The van der Waals surface area contributed by atoms with Crippen LogP contribution >= 0.6 is 11.6 Å². The largest absolute Gasteiger partial charge is 0.398 e. The van der Waals surface area contributed by atoms with Crippen LogP contribution in [0.2, 0.25) is 5.02 Å². The zero-order valence-electron chi connectivity index (χ0n) is 10.6. The quantitative estimate of drug-likeness (QED) is 0.753. The van der Waals surface area contributed by atoms with Crippen molar-refractivity contribution in [2.45, 2.75) is 0 Å². The molecule has 0 fully saturated rings. The molecule has 4 nitrogen and oxygen atoms in total. The number of urea groups is 1. The summed E-state index contributed by atoms with van der Waals surface area (Å²) in [6.07, 6.45) is 3.37. The second kappa shape index (κ2) is 6.63. The SMILES string of the molecule is Nc1ccc(NC(=O)N/C=C/c2ccccc2)cc1Cl. The summed E-state index contributed by atoms with van der Waals surface area (Å²) in [6, 6.07) is 14.2. The number of rotatable bonds is 3. The molecule has 5 heteroatoms. The first-order chi connectivity index (χ1) is 9.65. The fourth-order valence-electron chi connectivity index (χ4n) is 1.55. The summed E-state index contributed by atoms with van der Waals surface area (Å²) in [5.74, 6) is 0. The van der Waals surface area contributed by atoms with Gasteiger partial charge in [0.05, 0.1) is 10.7 Å². The van der Waals surface area contributed by atoms with E-state index in [2.05, 4.69) is 10.6 Å². The molecule has 20 heavy (non-hydrogen) atoms. The van der Waals surface area contributed by atoms with E-state index in [0.717, 1.165) is 5.56 Å². The predicted octanol–water partition coefficient (Wildman–Crippen LogP) is 3.71. The van der Waals surface area contributed by atoms with E-state index in [-0.39, 0.29) is 6.03 Å². The van der Waals surface area contributed by atoms with Crippen LogP contribution in [0.25, 0.3) is 6.08 Å². The summed E-state index contributed by atoms with van der Waals surface area (Å²) >= 11 is 5.87. The number of nitrogen functional groups attached to an aromatic ring is 1. The molecule has 0 aliphatic rings. The third kappa shape index (κ3) is 4.03. The van der Waals surface area contributed by atoms with Crippen molar-refractivity contribution in [2.24, 2.45) is 0 Å². The van der Waals surface area contributed by atoms with E-state index in [4.69, 9.17) is 17.3 Å². The Kier molecular flexibility index (Phi) is 4.63. The molecule has 2 aromatic carbocycles. The van der Waals surface area contributed by atoms with Crippen molar-refractivity contribution < 1.29 is 4.79 Å². The van der Waals surface area contributed by atoms with Gasteiger partial charge in [0.2, 0.25) is 0 Å². The highest BCUT2D eigenvalue weighted by atomic mass is 35.5. The summed E-state index contributed by atoms with van der Waals surface area (Å²) in [5, 5.41) is 5.67. The number of benzene rings is 2. The second-order valence-electron chi connectivity index (χ2n) is 4.08. The standard InChI is InChI=1S/C15H14ClN3O/c16-13-10-12(6-7-14(13)17)19-15(20)18-9-8-11-4-2-1-3-5-11/h1-10H,17H2,(H2,18,19,20)/b9-8+. The smallest absolute Gasteiger partial charge is 0.323 e. The first kappa shape index (κ1) is 14.0. The van der Waals surface area contributed by atoms with Crippen LogP contribution in [0.15, 0.2) is 54.7 Å². The molecule has 0 aliphatic carbocycles. The number of hydrogen-bond acceptors (Lipinski definition) is 2. The van der Waals surface area contributed by atoms with Gasteiger partial charge < -0.3 is 16.4 Å². The van der Waals surface area contributed by atoms with Crippen molar-refractivity contribution in [1.29, 1.82) is 0 Å². The summed E-state index contributed by atoms with van der Waals surface area (Å²) in [6.45, 7) is 0. The lowest BCUT2D eigenvalue weighted by Crippen LogP contribution is -2.23. The maximum atomic E-state index is 11.7. The molecular weight excluding hydrogens is 274 g/mol. The van der Waals surface area contributed by atoms with E-state index in [0.29, 0.717) is 16.4 Å². The van der Waals surface area contributed by atoms with Crippen LogP contribution in [0.1, 0.15) is 5.56 Å². The molecule has 0 saturated heterocycles. The Bertz CT molecular complexity index is 626. The summed E-state index contributed by atoms with van der Waals surface area (Å²) in [7, 11) is 0. The lowest BCUT2D eigenvalue weighted by atomic mass is 10.2. The minimum Gasteiger partial charge on any atom is -0.398 e. The van der Waals surface area contributed by atoms with Crippen LogP contribution in [-0.4, -0.2) is 6.03 Å². The first-order valence-corrected chi connectivity index (χ1v) is 6.37. The van der Waals surface area contributed by atoms with Crippen LogP contribution in [0.3, 0.4) is 0 Å². The Hall–Kier alpha value is -2.46. The van der Waals surface area contributed by atoms with E-state index in [1.807, 2.05) is 30.3 Å². The van der Waals surface area contributed by atoms with Gasteiger partial charge in [0.15, 0.2) is 0 Å². The van der Waals surface area contributed by atoms with Crippen LogP contribution < -0.4 is 16.4 Å². The van der Waals surface area contributed by atoms with Gasteiger partial charge in [-0.05, 0) is 29.8 Å².